The standard InChI is InChI=1S/C27H48N4O2/c1-26-6-5-20-19(21(26)16-22(25(26)33)30-11-7-28-8-12-30)4-3-18-15-24(32)23(17-27(18,20)2)31-13-9-29-10-14-31/h18-25,28-29,32-33H,3-17H2,1-2H3/t18?,19-,20+,21+,22?,23?,24?,25?,26+,27+/m1/s1. The summed E-state index contributed by atoms with van der Waals surface area (Å²) in [5, 5.41) is 29.8. The Labute approximate surface area is 200 Å². The lowest BCUT2D eigenvalue weighted by Gasteiger charge is -2.62. The second-order valence-corrected chi connectivity index (χ2v) is 13.1. The zero-order valence-electron chi connectivity index (χ0n) is 21.0. The number of aliphatic hydroxyl groups is 2. The number of aliphatic hydroxyl groups excluding tert-OH is 2. The summed E-state index contributed by atoms with van der Waals surface area (Å²) < 4.78 is 0. The molecule has 0 aromatic rings. The largest absolute Gasteiger partial charge is 0.391 e. The summed E-state index contributed by atoms with van der Waals surface area (Å²) >= 11 is 0. The first-order chi connectivity index (χ1) is 15.9. The van der Waals surface area contributed by atoms with E-state index in [9.17, 15) is 10.2 Å². The summed E-state index contributed by atoms with van der Waals surface area (Å²) in [6, 6.07) is 0.691. The van der Waals surface area contributed by atoms with Gasteiger partial charge < -0.3 is 20.8 Å². The molecule has 5 unspecified atom stereocenters. The van der Waals surface area contributed by atoms with Gasteiger partial charge in [-0.1, -0.05) is 13.8 Å². The fourth-order valence-electron chi connectivity index (χ4n) is 10.0. The van der Waals surface area contributed by atoms with E-state index in [4.69, 9.17) is 0 Å². The average Bonchev–Trinajstić information content (AvgIpc) is 3.11. The lowest BCUT2D eigenvalue weighted by Crippen LogP contribution is -2.61. The molecule has 4 N–H and O–H groups in total. The van der Waals surface area contributed by atoms with Gasteiger partial charge in [0.2, 0.25) is 0 Å². The quantitative estimate of drug-likeness (QED) is 0.501. The van der Waals surface area contributed by atoms with Crippen molar-refractivity contribution in [2.75, 3.05) is 52.4 Å². The first kappa shape index (κ1) is 23.2. The van der Waals surface area contributed by atoms with Gasteiger partial charge in [-0.05, 0) is 79.4 Å². The van der Waals surface area contributed by atoms with Crippen molar-refractivity contribution >= 4 is 0 Å². The molecule has 2 aliphatic heterocycles. The Morgan fingerprint density at radius 1 is 0.727 bits per heavy atom. The van der Waals surface area contributed by atoms with Crippen molar-refractivity contribution in [3.63, 3.8) is 0 Å². The molecule has 4 aliphatic carbocycles. The molecule has 0 aromatic heterocycles. The van der Waals surface area contributed by atoms with E-state index >= 15 is 0 Å². The first-order valence-corrected chi connectivity index (χ1v) is 14.2. The maximum Gasteiger partial charge on any atom is 0.0751 e. The third-order valence-corrected chi connectivity index (χ3v) is 11.9. The van der Waals surface area contributed by atoms with Crippen LogP contribution in [0.2, 0.25) is 0 Å². The molecular weight excluding hydrogens is 412 g/mol. The summed E-state index contributed by atoms with van der Waals surface area (Å²) in [5.41, 5.74) is 0.434. The summed E-state index contributed by atoms with van der Waals surface area (Å²) in [6.45, 7) is 13.6. The second-order valence-electron chi connectivity index (χ2n) is 13.1. The number of piperazine rings is 2. The molecule has 188 valence electrons. The Bertz CT molecular complexity index is 710. The monoisotopic (exact) mass is 460 g/mol. The number of hydrogen-bond acceptors (Lipinski definition) is 6. The van der Waals surface area contributed by atoms with Gasteiger partial charge in [0.25, 0.3) is 0 Å². The van der Waals surface area contributed by atoms with Crippen molar-refractivity contribution in [3.05, 3.63) is 0 Å². The molecular formula is C27H48N4O2. The van der Waals surface area contributed by atoms with Gasteiger partial charge >= 0.3 is 0 Å². The molecule has 6 aliphatic rings. The van der Waals surface area contributed by atoms with Crippen LogP contribution in [0.25, 0.3) is 0 Å². The van der Waals surface area contributed by atoms with Gasteiger partial charge in [-0.15, -0.1) is 0 Å². The zero-order chi connectivity index (χ0) is 22.8. The topological polar surface area (TPSA) is 71.0 Å². The Balaban J connectivity index is 1.24. The Kier molecular flexibility index (Phi) is 6.11. The van der Waals surface area contributed by atoms with E-state index in [2.05, 4.69) is 34.3 Å². The Morgan fingerprint density at radius 2 is 1.36 bits per heavy atom. The number of nitrogens with zero attached hydrogens (tertiary/aromatic N) is 2. The maximum absolute atomic E-state index is 11.6. The number of nitrogens with one attached hydrogen (secondary N) is 2. The van der Waals surface area contributed by atoms with Gasteiger partial charge in [0.05, 0.1) is 12.2 Å². The highest BCUT2D eigenvalue weighted by atomic mass is 16.3. The van der Waals surface area contributed by atoms with E-state index < -0.39 is 0 Å². The van der Waals surface area contributed by atoms with Crippen LogP contribution >= 0.6 is 0 Å². The molecule has 6 nitrogen and oxygen atoms in total. The zero-order valence-corrected chi connectivity index (χ0v) is 21.0. The maximum atomic E-state index is 11.6. The molecule has 2 heterocycles. The fourth-order valence-corrected chi connectivity index (χ4v) is 10.0. The van der Waals surface area contributed by atoms with E-state index in [1.54, 1.807) is 0 Å². The molecule has 0 amide bonds. The van der Waals surface area contributed by atoms with Crippen molar-refractivity contribution in [2.24, 2.45) is 34.5 Å². The third kappa shape index (κ3) is 3.65. The van der Waals surface area contributed by atoms with Crippen LogP contribution in [-0.2, 0) is 0 Å². The van der Waals surface area contributed by atoms with Crippen LogP contribution in [0.3, 0.4) is 0 Å². The van der Waals surface area contributed by atoms with Crippen LogP contribution in [0.1, 0.15) is 58.8 Å². The van der Waals surface area contributed by atoms with E-state index in [1.165, 1.54) is 38.5 Å². The predicted octanol–water partition coefficient (Wildman–Crippen LogP) is 1.52. The normalized spacial score (nSPS) is 53.8. The van der Waals surface area contributed by atoms with Gasteiger partial charge in [0.1, 0.15) is 0 Å². The molecule has 0 aromatic carbocycles. The molecule has 10 atom stereocenters. The lowest BCUT2D eigenvalue weighted by atomic mass is 9.44. The SMILES string of the molecule is C[C@]12CC(N3CCNCC3)C(O)CC1CC[C@@H]1[C@@H]2CC[C@]2(C)C(O)C(N3CCNCC3)C[C@@H]12. The highest BCUT2D eigenvalue weighted by Gasteiger charge is 2.63. The molecule has 0 spiro atoms. The summed E-state index contributed by atoms with van der Waals surface area (Å²) in [6.07, 6.45) is 8.11. The van der Waals surface area contributed by atoms with E-state index in [-0.39, 0.29) is 17.6 Å². The van der Waals surface area contributed by atoms with Crippen LogP contribution in [0, 0.1) is 34.5 Å². The van der Waals surface area contributed by atoms with Crippen molar-refractivity contribution in [2.45, 2.75) is 83.1 Å². The minimum absolute atomic E-state index is 0.0893. The Hall–Kier alpha value is -0.240. The lowest BCUT2D eigenvalue weighted by molar-refractivity contribution is -0.154. The highest BCUT2D eigenvalue weighted by Crippen LogP contribution is 2.66. The highest BCUT2D eigenvalue weighted by molar-refractivity contribution is 5.14. The molecule has 0 bridgehead atoms. The minimum atomic E-state index is -0.172. The summed E-state index contributed by atoms with van der Waals surface area (Å²) in [5.74, 6) is 2.86. The number of rotatable bonds is 2. The number of hydrogen-bond donors (Lipinski definition) is 4. The molecule has 6 fully saturated rings. The van der Waals surface area contributed by atoms with Gasteiger partial charge in [-0.2, -0.15) is 0 Å². The number of fused-ring (bicyclic) bond motifs is 5. The van der Waals surface area contributed by atoms with E-state index in [0.29, 0.717) is 29.3 Å². The van der Waals surface area contributed by atoms with Crippen LogP contribution in [-0.4, -0.2) is 96.7 Å². The second kappa shape index (κ2) is 8.70. The molecule has 33 heavy (non-hydrogen) atoms. The third-order valence-electron chi connectivity index (χ3n) is 11.9. The molecule has 0 radical (unpaired) electrons. The van der Waals surface area contributed by atoms with E-state index in [1.807, 2.05) is 0 Å². The average molecular weight is 461 g/mol. The summed E-state index contributed by atoms with van der Waals surface area (Å²) in [7, 11) is 0. The van der Waals surface area contributed by atoms with Gasteiger partial charge in [0.15, 0.2) is 0 Å². The summed E-state index contributed by atoms with van der Waals surface area (Å²) in [4.78, 5) is 5.20. The Morgan fingerprint density at radius 3 is 2.03 bits per heavy atom. The molecule has 6 heteroatoms. The molecule has 2 saturated heterocycles. The smallest absolute Gasteiger partial charge is 0.0751 e. The van der Waals surface area contributed by atoms with Crippen molar-refractivity contribution in [3.8, 4) is 0 Å². The minimum Gasteiger partial charge on any atom is -0.391 e. The predicted molar refractivity (Wildman–Crippen MR) is 131 cm³/mol. The van der Waals surface area contributed by atoms with Crippen LogP contribution in [0.4, 0.5) is 0 Å². The van der Waals surface area contributed by atoms with Crippen LogP contribution < -0.4 is 10.6 Å². The van der Waals surface area contributed by atoms with Gasteiger partial charge in [-0.3, -0.25) is 9.80 Å². The van der Waals surface area contributed by atoms with E-state index in [0.717, 1.165) is 70.6 Å². The molecule has 6 rings (SSSR count). The van der Waals surface area contributed by atoms with Gasteiger partial charge in [-0.25, -0.2) is 0 Å². The fraction of sp³-hybridized carbons (Fsp3) is 1.00. The first-order valence-electron chi connectivity index (χ1n) is 14.2. The van der Waals surface area contributed by atoms with Crippen LogP contribution in [0.15, 0.2) is 0 Å². The van der Waals surface area contributed by atoms with Crippen molar-refractivity contribution < 1.29 is 10.2 Å². The van der Waals surface area contributed by atoms with Gasteiger partial charge in [0, 0.05) is 64.4 Å². The van der Waals surface area contributed by atoms with Crippen molar-refractivity contribution in [1.82, 2.24) is 20.4 Å². The molecule has 4 saturated carbocycles. The van der Waals surface area contributed by atoms with Crippen LogP contribution in [0.5, 0.6) is 0 Å². The van der Waals surface area contributed by atoms with Crippen molar-refractivity contribution in [1.29, 1.82) is 0 Å².